The topological polar surface area (TPSA) is 108 Å². The number of carbonyl (C=O) groups is 4. The minimum atomic E-state index is -1.46. The number of nitrogens with one attached hydrogen (secondary N) is 2. The van der Waals surface area contributed by atoms with E-state index in [0.29, 0.717) is 24.2 Å². The van der Waals surface area contributed by atoms with Crippen LogP contribution in [0.3, 0.4) is 0 Å². The van der Waals surface area contributed by atoms with E-state index in [1.807, 2.05) is 0 Å². The fraction of sp³-hybridized carbons (Fsp3) is 0.385. The predicted molar refractivity (Wildman–Crippen MR) is 128 cm³/mol. The van der Waals surface area contributed by atoms with Crippen LogP contribution in [0.2, 0.25) is 0 Å². The Hall–Kier alpha value is -3.95. The number of halogens is 1. The summed E-state index contributed by atoms with van der Waals surface area (Å²) in [7, 11) is 1.51. The molecule has 2 atom stereocenters. The summed E-state index contributed by atoms with van der Waals surface area (Å²) in [5, 5.41) is 5.16. The number of carbonyl (C=O) groups excluding carboxylic acids is 4. The highest BCUT2D eigenvalue weighted by Gasteiger charge is 2.58. The number of anilines is 1. The summed E-state index contributed by atoms with van der Waals surface area (Å²) in [6, 6.07) is 8.98. The van der Waals surface area contributed by atoms with Gasteiger partial charge in [-0.3, -0.25) is 9.59 Å². The smallest absolute Gasteiger partial charge is 0.418 e. The second-order valence-corrected chi connectivity index (χ2v) is 9.41. The second kappa shape index (κ2) is 8.92. The molecule has 2 fully saturated rings. The van der Waals surface area contributed by atoms with Crippen molar-refractivity contribution >= 4 is 29.6 Å². The van der Waals surface area contributed by atoms with Crippen LogP contribution in [-0.4, -0.2) is 53.9 Å². The molecule has 0 bridgehead atoms. The van der Waals surface area contributed by atoms with Crippen LogP contribution in [0.5, 0.6) is 0 Å². The number of nitrogens with zero attached hydrogens (tertiary/aromatic N) is 2. The molecule has 2 heterocycles. The minimum Gasteiger partial charge on any atom is -0.427 e. The van der Waals surface area contributed by atoms with Crippen LogP contribution < -0.4 is 10.6 Å². The van der Waals surface area contributed by atoms with Crippen LogP contribution >= 0.6 is 0 Å². The van der Waals surface area contributed by atoms with Gasteiger partial charge in [0.05, 0.1) is 6.04 Å². The van der Waals surface area contributed by atoms with Gasteiger partial charge in [-0.05, 0) is 67.1 Å². The minimum absolute atomic E-state index is 0.237. The summed E-state index contributed by atoms with van der Waals surface area (Å²) in [4.78, 5) is 53.8. The van der Waals surface area contributed by atoms with E-state index >= 15 is 0 Å². The maximum absolute atomic E-state index is 13.6. The quantitative estimate of drug-likeness (QED) is 0.678. The van der Waals surface area contributed by atoms with E-state index in [0.717, 1.165) is 34.4 Å². The average Bonchev–Trinajstić information content (AvgIpc) is 3.53. The van der Waals surface area contributed by atoms with Gasteiger partial charge in [-0.1, -0.05) is 12.1 Å². The van der Waals surface area contributed by atoms with Crippen molar-refractivity contribution in [2.45, 2.75) is 44.2 Å². The summed E-state index contributed by atoms with van der Waals surface area (Å²) in [5.74, 6) is -1.25. The van der Waals surface area contributed by atoms with Gasteiger partial charge in [0.15, 0.2) is 0 Å². The molecule has 0 saturated carbocycles. The first-order chi connectivity index (χ1) is 17.2. The largest absolute Gasteiger partial charge is 0.427 e. The van der Waals surface area contributed by atoms with Crippen LogP contribution in [0.1, 0.15) is 47.6 Å². The Kier molecular flexibility index (Phi) is 5.89. The molecule has 2 N–H and O–H groups in total. The Balaban J connectivity index is 1.34. The number of amides is 5. The highest BCUT2D eigenvalue weighted by Crippen LogP contribution is 2.46. The number of likely N-dealkylation sites (tertiary alicyclic amines) is 1. The molecule has 3 aliphatic rings. The first-order valence-electron chi connectivity index (χ1n) is 12.0. The lowest BCUT2D eigenvalue weighted by molar-refractivity contribution is -0.142. The maximum Gasteiger partial charge on any atom is 0.418 e. The Labute approximate surface area is 207 Å². The summed E-state index contributed by atoms with van der Waals surface area (Å²) < 4.78 is 19.2. The van der Waals surface area contributed by atoms with Crippen molar-refractivity contribution in [1.29, 1.82) is 0 Å². The fourth-order valence-electron chi connectivity index (χ4n) is 5.55. The number of hydrogen-bond acceptors (Lipinski definition) is 5. The third-order valence-electron chi connectivity index (χ3n) is 7.30. The van der Waals surface area contributed by atoms with Crippen molar-refractivity contribution in [3.63, 3.8) is 0 Å². The van der Waals surface area contributed by atoms with E-state index in [9.17, 15) is 23.6 Å². The molecule has 2 saturated heterocycles. The lowest BCUT2D eigenvalue weighted by Crippen LogP contribution is -2.44. The molecule has 2 unspecified atom stereocenters. The van der Waals surface area contributed by atoms with Crippen LogP contribution in [0, 0.1) is 12.7 Å². The number of hydrogen-bond donors (Lipinski definition) is 2. The third kappa shape index (κ3) is 3.86. The molecule has 0 aromatic heterocycles. The van der Waals surface area contributed by atoms with Gasteiger partial charge in [0, 0.05) is 31.3 Å². The van der Waals surface area contributed by atoms with E-state index in [1.165, 1.54) is 19.2 Å². The first-order valence-corrected chi connectivity index (χ1v) is 12.0. The monoisotopic (exact) mass is 494 g/mol. The summed E-state index contributed by atoms with van der Waals surface area (Å²) >= 11 is 0. The Morgan fingerprint density at radius 1 is 1.19 bits per heavy atom. The molecule has 188 valence electrons. The zero-order valence-corrected chi connectivity index (χ0v) is 20.1. The second-order valence-electron chi connectivity index (χ2n) is 9.41. The molecule has 5 amide bonds. The van der Waals surface area contributed by atoms with Gasteiger partial charge in [-0.2, -0.15) is 0 Å². The van der Waals surface area contributed by atoms with Gasteiger partial charge >= 0.3 is 12.1 Å². The van der Waals surface area contributed by atoms with Crippen molar-refractivity contribution in [2.75, 3.05) is 25.5 Å². The van der Waals surface area contributed by atoms with E-state index in [1.54, 1.807) is 36.1 Å². The van der Waals surface area contributed by atoms with Gasteiger partial charge in [0.2, 0.25) is 11.5 Å². The zero-order valence-electron chi connectivity index (χ0n) is 20.1. The van der Waals surface area contributed by atoms with Crippen molar-refractivity contribution in [3.8, 4) is 0 Å². The number of benzene rings is 2. The van der Waals surface area contributed by atoms with Crippen molar-refractivity contribution < 1.29 is 28.3 Å². The van der Waals surface area contributed by atoms with Crippen molar-refractivity contribution in [3.05, 3.63) is 64.5 Å². The zero-order chi connectivity index (χ0) is 25.6. The van der Waals surface area contributed by atoms with E-state index < -0.39 is 24.1 Å². The van der Waals surface area contributed by atoms with Crippen LogP contribution in [0.4, 0.5) is 19.7 Å². The van der Waals surface area contributed by atoms with Gasteiger partial charge in [0.25, 0.3) is 5.91 Å². The number of fused-ring (bicyclic) bond motifs is 2. The van der Waals surface area contributed by atoms with E-state index in [-0.39, 0.29) is 30.2 Å². The highest BCUT2D eigenvalue weighted by molar-refractivity contribution is 6.06. The van der Waals surface area contributed by atoms with Gasteiger partial charge in [0.1, 0.15) is 12.4 Å². The third-order valence-corrected chi connectivity index (χ3v) is 7.30. The van der Waals surface area contributed by atoms with Gasteiger partial charge in [-0.25, -0.2) is 18.9 Å². The normalized spacial score (nSPS) is 22.7. The Bertz CT molecular complexity index is 1280. The standard InChI is InChI=1S/C26H27FN4O5/c1-15-12-17(27)5-7-19(15)21-4-3-11-30(21)22(32)14-31-23(33)26(36-25(31)35)10-9-16-13-18(6-8-20(16)26)29-24(34)28-2/h5-8,12-13,21H,3-4,9-11,14H2,1-2H3,(H2,28,29,34). The van der Waals surface area contributed by atoms with E-state index in [4.69, 9.17) is 4.74 Å². The lowest BCUT2D eigenvalue weighted by atomic mass is 9.94. The predicted octanol–water partition coefficient (Wildman–Crippen LogP) is 3.37. The first kappa shape index (κ1) is 23.8. The fourth-order valence-corrected chi connectivity index (χ4v) is 5.55. The van der Waals surface area contributed by atoms with Crippen molar-refractivity contribution in [1.82, 2.24) is 15.1 Å². The number of rotatable bonds is 4. The average molecular weight is 495 g/mol. The van der Waals surface area contributed by atoms with Crippen LogP contribution in [0.25, 0.3) is 0 Å². The van der Waals surface area contributed by atoms with Gasteiger partial charge in [-0.15, -0.1) is 0 Å². The molecule has 2 aromatic carbocycles. The molecule has 36 heavy (non-hydrogen) atoms. The molecule has 5 rings (SSSR count). The van der Waals surface area contributed by atoms with Crippen molar-refractivity contribution in [2.24, 2.45) is 0 Å². The number of aryl methyl sites for hydroxylation is 2. The Morgan fingerprint density at radius 2 is 2.00 bits per heavy atom. The molecule has 2 aliphatic heterocycles. The molecule has 1 spiro atoms. The summed E-state index contributed by atoms with van der Waals surface area (Å²) in [6.45, 7) is 1.88. The highest BCUT2D eigenvalue weighted by atomic mass is 19.1. The molecule has 1 aliphatic carbocycles. The van der Waals surface area contributed by atoms with E-state index in [2.05, 4.69) is 10.6 Å². The summed E-state index contributed by atoms with van der Waals surface area (Å²) in [5.41, 5.74) is 2.08. The van der Waals surface area contributed by atoms with Crippen LogP contribution in [-0.2, 0) is 26.3 Å². The number of urea groups is 1. The maximum atomic E-state index is 13.6. The molecular weight excluding hydrogens is 467 g/mol. The van der Waals surface area contributed by atoms with Crippen LogP contribution in [0.15, 0.2) is 36.4 Å². The van der Waals surface area contributed by atoms with Gasteiger partial charge < -0.3 is 20.3 Å². The molecular formula is C26H27FN4O5. The number of ether oxygens (including phenoxy) is 1. The Morgan fingerprint density at radius 3 is 2.75 bits per heavy atom. The molecule has 9 nitrogen and oxygen atoms in total. The molecule has 10 heteroatoms. The SMILES string of the molecule is CNC(=O)Nc1ccc2c(c1)CCC21OC(=O)N(CC(=O)N2CCCC2c2ccc(F)cc2C)C1=O. The number of imide groups is 1. The molecule has 0 radical (unpaired) electrons. The molecule has 2 aromatic rings. The lowest BCUT2D eigenvalue weighted by Gasteiger charge is -2.27. The summed E-state index contributed by atoms with van der Waals surface area (Å²) in [6.07, 6.45) is 1.40.